The van der Waals surface area contributed by atoms with Gasteiger partial charge in [-0.3, -0.25) is 14.6 Å². The number of aromatic nitrogens is 1. The van der Waals surface area contributed by atoms with Gasteiger partial charge in [0.2, 0.25) is 0 Å². The Kier molecular flexibility index (Phi) is 5.39. The number of pyridine rings is 1. The summed E-state index contributed by atoms with van der Waals surface area (Å²) in [4.78, 5) is 29.0. The van der Waals surface area contributed by atoms with E-state index < -0.39 is 0 Å². The number of hydrogen-bond acceptors (Lipinski definition) is 3. The van der Waals surface area contributed by atoms with Crippen LogP contribution in [0.15, 0.2) is 79.0 Å². The molecule has 5 nitrogen and oxygen atoms in total. The van der Waals surface area contributed by atoms with Gasteiger partial charge in [0.25, 0.3) is 11.8 Å². The Morgan fingerprint density at radius 1 is 0.846 bits per heavy atom. The summed E-state index contributed by atoms with van der Waals surface area (Å²) in [6.45, 7) is 1.92. The fraction of sp³-hybridized carbons (Fsp3) is 0.0952. The molecule has 0 saturated heterocycles. The predicted molar refractivity (Wildman–Crippen MR) is 101 cm³/mol. The van der Waals surface area contributed by atoms with Crippen molar-refractivity contribution in [1.82, 2.24) is 10.3 Å². The van der Waals surface area contributed by atoms with Crippen LogP contribution < -0.4 is 10.6 Å². The first-order valence-corrected chi connectivity index (χ1v) is 8.32. The molecule has 0 saturated carbocycles. The van der Waals surface area contributed by atoms with Crippen LogP contribution in [0.3, 0.4) is 0 Å². The zero-order valence-electron chi connectivity index (χ0n) is 14.3. The Balaban J connectivity index is 1.76. The number of nitrogens with zero attached hydrogens (tertiary/aromatic N) is 1. The summed E-state index contributed by atoms with van der Waals surface area (Å²) in [6, 6.07) is 21.6. The zero-order valence-corrected chi connectivity index (χ0v) is 14.3. The molecule has 2 amide bonds. The molecule has 3 aromatic rings. The SMILES string of the molecule is C[C@@H](NC(=O)c1ccccc1NC(=O)c1ccccn1)c1ccccc1. The molecule has 2 N–H and O–H groups in total. The molecule has 0 spiro atoms. The third-order valence-corrected chi connectivity index (χ3v) is 3.96. The second-order valence-electron chi connectivity index (χ2n) is 5.82. The summed E-state index contributed by atoms with van der Waals surface area (Å²) in [7, 11) is 0. The van der Waals surface area contributed by atoms with Crippen molar-refractivity contribution in [3.63, 3.8) is 0 Å². The first-order valence-electron chi connectivity index (χ1n) is 8.32. The Morgan fingerprint density at radius 2 is 1.54 bits per heavy atom. The molecule has 26 heavy (non-hydrogen) atoms. The summed E-state index contributed by atoms with van der Waals surface area (Å²) in [5.74, 6) is -0.611. The van der Waals surface area contributed by atoms with Gasteiger partial charge in [0, 0.05) is 6.20 Å². The highest BCUT2D eigenvalue weighted by atomic mass is 16.2. The predicted octanol–water partition coefficient (Wildman–Crippen LogP) is 3.82. The molecule has 0 unspecified atom stereocenters. The van der Waals surface area contributed by atoms with Crippen molar-refractivity contribution in [2.24, 2.45) is 0 Å². The minimum absolute atomic E-state index is 0.150. The van der Waals surface area contributed by atoms with E-state index in [-0.39, 0.29) is 17.9 Å². The molecule has 2 aromatic carbocycles. The summed E-state index contributed by atoms with van der Waals surface area (Å²) < 4.78 is 0. The van der Waals surface area contributed by atoms with Gasteiger partial charge in [-0.15, -0.1) is 0 Å². The van der Waals surface area contributed by atoms with E-state index in [4.69, 9.17) is 0 Å². The van der Waals surface area contributed by atoms with Crippen LogP contribution >= 0.6 is 0 Å². The lowest BCUT2D eigenvalue weighted by atomic mass is 10.1. The highest BCUT2D eigenvalue weighted by Crippen LogP contribution is 2.18. The fourth-order valence-corrected chi connectivity index (χ4v) is 2.57. The van der Waals surface area contributed by atoms with Crippen LogP contribution in [0.25, 0.3) is 0 Å². The van der Waals surface area contributed by atoms with Crippen LogP contribution in [0.5, 0.6) is 0 Å². The Morgan fingerprint density at radius 3 is 2.27 bits per heavy atom. The molecule has 0 bridgehead atoms. The molecule has 130 valence electrons. The van der Waals surface area contributed by atoms with Crippen LogP contribution in [0.4, 0.5) is 5.69 Å². The minimum atomic E-state index is -0.359. The molecule has 1 heterocycles. The van der Waals surface area contributed by atoms with E-state index in [1.807, 2.05) is 37.3 Å². The Hall–Kier alpha value is -3.47. The number of para-hydroxylation sites is 1. The number of hydrogen-bond donors (Lipinski definition) is 2. The van der Waals surface area contributed by atoms with Crippen molar-refractivity contribution in [3.05, 3.63) is 95.8 Å². The summed E-state index contributed by atoms with van der Waals surface area (Å²) in [5.41, 5.74) is 2.15. The third kappa shape index (κ3) is 4.13. The van der Waals surface area contributed by atoms with Gasteiger partial charge in [0.05, 0.1) is 17.3 Å². The summed E-state index contributed by atoms with van der Waals surface area (Å²) in [5, 5.41) is 5.72. The van der Waals surface area contributed by atoms with Gasteiger partial charge in [-0.25, -0.2) is 0 Å². The van der Waals surface area contributed by atoms with Gasteiger partial charge in [-0.05, 0) is 36.8 Å². The van der Waals surface area contributed by atoms with E-state index in [0.29, 0.717) is 16.9 Å². The molecule has 1 aromatic heterocycles. The van der Waals surface area contributed by atoms with Gasteiger partial charge in [0.1, 0.15) is 5.69 Å². The van der Waals surface area contributed by atoms with E-state index >= 15 is 0 Å². The van der Waals surface area contributed by atoms with Crippen LogP contribution in [-0.2, 0) is 0 Å². The smallest absolute Gasteiger partial charge is 0.274 e. The molecule has 1 atom stereocenters. The monoisotopic (exact) mass is 345 g/mol. The molecule has 3 rings (SSSR count). The van der Waals surface area contributed by atoms with Gasteiger partial charge < -0.3 is 10.6 Å². The maximum absolute atomic E-state index is 12.7. The van der Waals surface area contributed by atoms with Crippen molar-refractivity contribution >= 4 is 17.5 Å². The van der Waals surface area contributed by atoms with Crippen LogP contribution in [0, 0.1) is 0 Å². The lowest BCUT2D eigenvalue weighted by Gasteiger charge is -2.16. The molecule has 0 radical (unpaired) electrons. The number of benzene rings is 2. The number of carbonyl (C=O) groups excluding carboxylic acids is 2. The van der Waals surface area contributed by atoms with Crippen molar-refractivity contribution in [2.45, 2.75) is 13.0 Å². The van der Waals surface area contributed by atoms with E-state index in [2.05, 4.69) is 15.6 Å². The molecule has 0 aliphatic carbocycles. The van der Waals surface area contributed by atoms with E-state index in [9.17, 15) is 9.59 Å². The number of anilines is 1. The highest BCUT2D eigenvalue weighted by molar-refractivity contribution is 6.08. The number of amides is 2. The van der Waals surface area contributed by atoms with Gasteiger partial charge in [-0.1, -0.05) is 48.5 Å². The molecule has 0 aliphatic heterocycles. The fourth-order valence-electron chi connectivity index (χ4n) is 2.57. The quantitative estimate of drug-likeness (QED) is 0.738. The normalized spacial score (nSPS) is 11.4. The van der Waals surface area contributed by atoms with Crippen LogP contribution in [0.1, 0.15) is 39.4 Å². The minimum Gasteiger partial charge on any atom is -0.345 e. The highest BCUT2D eigenvalue weighted by Gasteiger charge is 2.16. The average molecular weight is 345 g/mol. The van der Waals surface area contributed by atoms with E-state index in [1.54, 1.807) is 48.7 Å². The molecule has 0 aliphatic rings. The van der Waals surface area contributed by atoms with Crippen molar-refractivity contribution in [3.8, 4) is 0 Å². The lowest BCUT2D eigenvalue weighted by Crippen LogP contribution is -2.28. The maximum Gasteiger partial charge on any atom is 0.274 e. The van der Waals surface area contributed by atoms with Crippen LogP contribution in [-0.4, -0.2) is 16.8 Å². The van der Waals surface area contributed by atoms with Gasteiger partial charge >= 0.3 is 0 Å². The number of nitrogens with one attached hydrogen (secondary N) is 2. The summed E-state index contributed by atoms with van der Waals surface area (Å²) in [6.07, 6.45) is 1.55. The standard InChI is InChI=1S/C21H19N3O2/c1-15(16-9-3-2-4-10-16)23-20(25)17-11-5-6-12-18(17)24-21(26)19-13-7-8-14-22-19/h2-15H,1H3,(H,23,25)(H,24,26)/t15-/m1/s1. The zero-order chi connectivity index (χ0) is 18.4. The largest absolute Gasteiger partial charge is 0.345 e. The van der Waals surface area contributed by atoms with E-state index in [1.165, 1.54) is 0 Å². The average Bonchev–Trinajstić information content (AvgIpc) is 2.69. The Labute approximate surface area is 152 Å². The first kappa shape index (κ1) is 17.4. The molecular weight excluding hydrogens is 326 g/mol. The third-order valence-electron chi connectivity index (χ3n) is 3.96. The van der Waals surface area contributed by atoms with Gasteiger partial charge in [0.15, 0.2) is 0 Å². The maximum atomic E-state index is 12.7. The second kappa shape index (κ2) is 8.07. The van der Waals surface area contributed by atoms with Crippen molar-refractivity contribution < 1.29 is 9.59 Å². The van der Waals surface area contributed by atoms with Gasteiger partial charge in [-0.2, -0.15) is 0 Å². The number of rotatable bonds is 5. The Bertz CT molecular complexity index is 895. The molecular formula is C21H19N3O2. The molecule has 5 heteroatoms. The topological polar surface area (TPSA) is 71.1 Å². The van der Waals surface area contributed by atoms with Crippen molar-refractivity contribution in [2.75, 3.05) is 5.32 Å². The second-order valence-corrected chi connectivity index (χ2v) is 5.82. The van der Waals surface area contributed by atoms with E-state index in [0.717, 1.165) is 5.56 Å². The summed E-state index contributed by atoms with van der Waals surface area (Å²) >= 11 is 0. The first-order chi connectivity index (χ1) is 12.6. The van der Waals surface area contributed by atoms with Crippen molar-refractivity contribution in [1.29, 1.82) is 0 Å². The molecule has 0 fully saturated rings. The van der Waals surface area contributed by atoms with Crippen LogP contribution in [0.2, 0.25) is 0 Å². The number of carbonyl (C=O) groups is 2. The lowest BCUT2D eigenvalue weighted by molar-refractivity contribution is 0.0941.